The molecule has 0 saturated carbocycles. The first-order valence-corrected chi connectivity index (χ1v) is 25.8. The number of fused-ring (bicyclic) bond motifs is 1. The summed E-state index contributed by atoms with van der Waals surface area (Å²) in [6.45, 7) is 7.44. The molecule has 5 amide bonds. The normalized spacial score (nSPS) is 16.9. The number of unbranched alkanes of at least 4 members (excludes halogenated alkanes) is 3. The van der Waals surface area contributed by atoms with Crippen molar-refractivity contribution < 1.29 is 42.9 Å². The number of aromatic nitrogens is 4. The van der Waals surface area contributed by atoms with Gasteiger partial charge in [-0.3, -0.25) is 39.4 Å². The van der Waals surface area contributed by atoms with Gasteiger partial charge in [0.15, 0.2) is 11.6 Å². The van der Waals surface area contributed by atoms with Crippen molar-refractivity contribution in [2.45, 2.75) is 95.3 Å². The molecule has 2 atom stereocenters. The lowest BCUT2D eigenvalue weighted by Crippen LogP contribution is -2.52. The van der Waals surface area contributed by atoms with Gasteiger partial charge in [-0.2, -0.15) is 5.10 Å². The fraction of sp³-hybridized carbons (Fsp3) is 0.455. The summed E-state index contributed by atoms with van der Waals surface area (Å²) in [5, 5.41) is 19.8. The number of hydrogen-bond donors (Lipinski definition) is 5. The molecule has 8 rings (SSSR count). The average molecular weight is 1010 g/mol. The number of aromatic amines is 1. The van der Waals surface area contributed by atoms with E-state index in [-0.39, 0.29) is 55.5 Å². The largest absolute Gasteiger partial charge is 0.494 e. The third kappa shape index (κ3) is 14.4. The number of likely N-dealkylation sites (tertiary alicyclic amines) is 1. The number of rotatable bonds is 27. The van der Waals surface area contributed by atoms with Gasteiger partial charge in [0.1, 0.15) is 11.8 Å². The predicted octanol–water partition coefficient (Wildman–Crippen LogP) is 6.56. The molecule has 19 heteroatoms. The van der Waals surface area contributed by atoms with Gasteiger partial charge in [-0.05, 0) is 119 Å². The molecule has 2 saturated heterocycles. The van der Waals surface area contributed by atoms with Crippen LogP contribution in [-0.2, 0) is 40.7 Å². The van der Waals surface area contributed by atoms with Crippen molar-refractivity contribution in [3.8, 4) is 17.1 Å². The van der Waals surface area contributed by atoms with Gasteiger partial charge in [0.25, 0.3) is 11.8 Å². The third-order valence-corrected chi connectivity index (χ3v) is 13.7. The van der Waals surface area contributed by atoms with Crippen LogP contribution in [0.1, 0.15) is 115 Å². The molecular weight excluding hydrogens is 945 g/mol. The maximum absolute atomic E-state index is 13.5. The van der Waals surface area contributed by atoms with E-state index in [2.05, 4.69) is 48.4 Å². The fourth-order valence-electron chi connectivity index (χ4n) is 9.40. The molecule has 2 fully saturated rings. The minimum Gasteiger partial charge on any atom is -0.494 e. The minimum absolute atomic E-state index is 0.159. The molecule has 0 aliphatic carbocycles. The molecule has 19 nitrogen and oxygen atoms in total. The first-order chi connectivity index (χ1) is 36.0. The summed E-state index contributed by atoms with van der Waals surface area (Å²) in [6.07, 6.45) is 10.3. The predicted molar refractivity (Wildman–Crippen MR) is 277 cm³/mol. The number of anilines is 2. The van der Waals surface area contributed by atoms with E-state index in [4.69, 9.17) is 23.9 Å². The highest BCUT2D eigenvalue weighted by atomic mass is 16.5. The molecule has 5 N–H and O–H groups in total. The lowest BCUT2D eigenvalue weighted by molar-refractivity contribution is -0.137. The van der Waals surface area contributed by atoms with Gasteiger partial charge in [0.2, 0.25) is 17.7 Å². The highest BCUT2D eigenvalue weighted by molar-refractivity contribution is 6.06. The van der Waals surface area contributed by atoms with Gasteiger partial charge in [0.05, 0.1) is 44.6 Å². The number of ether oxygens (including phenoxy) is 4. The molecule has 0 bridgehead atoms. The summed E-state index contributed by atoms with van der Waals surface area (Å²) in [4.78, 5) is 76.1. The second-order valence-electron chi connectivity index (χ2n) is 19.1. The summed E-state index contributed by atoms with van der Waals surface area (Å²) < 4.78 is 23.0. The van der Waals surface area contributed by atoms with Crippen LogP contribution in [0.3, 0.4) is 0 Å². The van der Waals surface area contributed by atoms with Crippen LogP contribution in [0.15, 0.2) is 91.3 Å². The summed E-state index contributed by atoms with van der Waals surface area (Å²) in [7, 11) is 2.12. The Morgan fingerprint density at radius 1 is 0.824 bits per heavy atom. The number of nitrogens with one attached hydrogen (secondary N) is 5. The molecule has 3 aliphatic heterocycles. The summed E-state index contributed by atoms with van der Waals surface area (Å²) in [5.41, 5.74) is 4.45. The second-order valence-corrected chi connectivity index (χ2v) is 19.1. The van der Waals surface area contributed by atoms with Crippen LogP contribution in [0.2, 0.25) is 0 Å². The zero-order chi connectivity index (χ0) is 51.7. The molecule has 392 valence electrons. The Kier molecular flexibility index (Phi) is 18.9. The Labute approximate surface area is 431 Å². The highest BCUT2D eigenvalue weighted by Gasteiger charge is 2.41. The Balaban J connectivity index is 0.633. The number of carbonyl (C=O) groups excluding carboxylic acids is 5. The van der Waals surface area contributed by atoms with E-state index in [1.54, 1.807) is 30.6 Å². The first kappa shape index (κ1) is 53.2. The average Bonchev–Trinajstić information content (AvgIpc) is 4.05. The zero-order valence-electron chi connectivity index (χ0n) is 42.4. The maximum Gasteiger partial charge on any atom is 0.255 e. The van der Waals surface area contributed by atoms with E-state index >= 15 is 0 Å². The third-order valence-electron chi connectivity index (χ3n) is 13.7. The number of nitrogens with zero attached hydrogens (tertiary/aromatic N) is 5. The zero-order valence-corrected chi connectivity index (χ0v) is 42.4. The summed E-state index contributed by atoms with van der Waals surface area (Å²) >= 11 is 0. The fourth-order valence-corrected chi connectivity index (χ4v) is 9.40. The summed E-state index contributed by atoms with van der Waals surface area (Å²) in [5.74, 6) is 0.736. The van der Waals surface area contributed by atoms with Gasteiger partial charge in [-0.1, -0.05) is 30.7 Å². The lowest BCUT2D eigenvalue weighted by Gasteiger charge is -2.40. The van der Waals surface area contributed by atoms with Gasteiger partial charge in [-0.15, -0.1) is 0 Å². The monoisotopic (exact) mass is 1010 g/mol. The smallest absolute Gasteiger partial charge is 0.255 e. The molecule has 2 aromatic heterocycles. The molecule has 3 aromatic carbocycles. The van der Waals surface area contributed by atoms with Crippen LogP contribution >= 0.6 is 0 Å². The maximum atomic E-state index is 13.5. The standard InChI is InChI=1S/C55H68N10O9/c1-38(57-51(68)41-10-7-11-42(36-41)61-55(23-27-64(2)28-24-55)54-60-50(62-63-54)40-21-25-56-26-22-40)39-15-17-43(18-16-39)74-31-6-4-3-5-29-71-32-34-73-35-33-72-30-9-14-48(66)58-46-13-8-12-44-45(46)37-65(53(44)70)47-19-20-49(67)59-52(47)69/h7-8,10-13,15-18,21-22,25-26,36,38,47,61H,3-6,9,14,19-20,23-24,27-35,37H2,1-2H3,(H,57,68)(H,58,66)(H,59,67,69)(H,60,62,63)/t38-,47?/m1/s1. The number of benzene rings is 3. The first-order valence-electron chi connectivity index (χ1n) is 25.8. The molecule has 5 aromatic rings. The van der Waals surface area contributed by atoms with Gasteiger partial charge in [-0.25, -0.2) is 4.98 Å². The topological polar surface area (TPSA) is 231 Å². The number of amides is 5. The van der Waals surface area contributed by atoms with E-state index in [1.807, 2.05) is 67.6 Å². The quantitative estimate of drug-likeness (QED) is 0.0277. The van der Waals surface area contributed by atoms with Crippen molar-refractivity contribution in [3.63, 3.8) is 0 Å². The van der Waals surface area contributed by atoms with E-state index in [1.165, 1.54) is 4.90 Å². The van der Waals surface area contributed by atoms with Crippen LogP contribution in [0.25, 0.3) is 11.4 Å². The molecule has 3 aliphatic rings. The Morgan fingerprint density at radius 2 is 1.53 bits per heavy atom. The van der Waals surface area contributed by atoms with Gasteiger partial charge in [0, 0.05) is 91.7 Å². The van der Waals surface area contributed by atoms with E-state index in [9.17, 15) is 24.0 Å². The van der Waals surface area contributed by atoms with Crippen LogP contribution in [-0.4, -0.2) is 132 Å². The Hall–Kier alpha value is -7.06. The van der Waals surface area contributed by atoms with Crippen molar-refractivity contribution in [2.24, 2.45) is 0 Å². The molecule has 74 heavy (non-hydrogen) atoms. The number of piperidine rings is 2. The van der Waals surface area contributed by atoms with Gasteiger partial charge >= 0.3 is 0 Å². The van der Waals surface area contributed by atoms with Crippen molar-refractivity contribution in [1.29, 1.82) is 0 Å². The number of pyridine rings is 1. The number of carbonyl (C=O) groups is 5. The summed E-state index contributed by atoms with van der Waals surface area (Å²) in [6, 6.07) is 23.5. The second kappa shape index (κ2) is 26.2. The van der Waals surface area contributed by atoms with Crippen molar-refractivity contribution >= 4 is 40.9 Å². The Bertz CT molecular complexity index is 2670. The molecular formula is C55H68N10O9. The highest BCUT2D eigenvalue weighted by Crippen LogP contribution is 2.36. The van der Waals surface area contributed by atoms with Crippen LogP contribution in [0.4, 0.5) is 11.4 Å². The van der Waals surface area contributed by atoms with Gasteiger partial charge < -0.3 is 44.7 Å². The van der Waals surface area contributed by atoms with E-state index in [0.717, 1.165) is 80.0 Å². The molecule has 5 heterocycles. The van der Waals surface area contributed by atoms with Crippen LogP contribution < -0.4 is 26.0 Å². The van der Waals surface area contributed by atoms with Crippen LogP contribution in [0, 0.1) is 0 Å². The number of imide groups is 1. The number of hydrogen-bond acceptors (Lipinski definition) is 14. The molecule has 0 radical (unpaired) electrons. The van der Waals surface area contributed by atoms with E-state index < -0.39 is 17.5 Å². The van der Waals surface area contributed by atoms with Crippen molar-refractivity contribution in [2.75, 3.05) is 77.0 Å². The molecule has 0 spiro atoms. The molecule has 1 unspecified atom stereocenters. The van der Waals surface area contributed by atoms with E-state index in [0.29, 0.717) is 80.9 Å². The minimum atomic E-state index is -0.716. The lowest BCUT2D eigenvalue weighted by atomic mass is 9.86. The van der Waals surface area contributed by atoms with Crippen molar-refractivity contribution in [3.05, 3.63) is 119 Å². The van der Waals surface area contributed by atoms with Crippen molar-refractivity contribution in [1.82, 2.24) is 40.6 Å². The van der Waals surface area contributed by atoms with Crippen LogP contribution in [0.5, 0.6) is 5.75 Å². The Morgan fingerprint density at radius 3 is 2.27 bits per heavy atom. The number of H-pyrrole nitrogens is 1. The SMILES string of the molecule is C[C@@H](NC(=O)c1cccc(NC2(c3nc(-c4ccncc4)n[nH]3)CCN(C)CC2)c1)c1ccc(OCCCCCCOCCOCCOCCCC(=O)Nc2cccc3c2CN(C2CCC(=O)NC2=O)C3=O)cc1.